The first-order chi connectivity index (χ1) is 11.9. The minimum atomic E-state index is -0.410. The van der Waals surface area contributed by atoms with Crippen LogP contribution in [0.15, 0.2) is 46.9 Å². The Kier molecular flexibility index (Phi) is 5.10. The van der Waals surface area contributed by atoms with Crippen LogP contribution in [0.5, 0.6) is 0 Å². The third-order valence-electron chi connectivity index (χ3n) is 3.59. The molecule has 0 bridgehead atoms. The van der Waals surface area contributed by atoms with Crippen molar-refractivity contribution in [2.45, 2.75) is 13.3 Å². The number of anilines is 1. The lowest BCUT2D eigenvalue weighted by atomic mass is 10.1. The van der Waals surface area contributed by atoms with E-state index in [-0.39, 0.29) is 12.3 Å². The molecule has 2 aromatic carbocycles. The highest BCUT2D eigenvalue weighted by Crippen LogP contribution is 2.19. The summed E-state index contributed by atoms with van der Waals surface area (Å²) >= 11 is 8.49. The van der Waals surface area contributed by atoms with Crippen LogP contribution < -0.4 is 5.32 Å². The number of aromatic amines is 1. The summed E-state index contributed by atoms with van der Waals surface area (Å²) in [5.41, 5.74) is 1.71. The number of aryl methyl sites for hydroxylation is 1. The molecule has 8 heteroatoms. The van der Waals surface area contributed by atoms with E-state index >= 15 is 0 Å². The summed E-state index contributed by atoms with van der Waals surface area (Å²) in [7, 11) is 0. The van der Waals surface area contributed by atoms with E-state index in [1.807, 2.05) is 13.0 Å². The minimum Gasteiger partial charge on any atom is -0.326 e. The maximum Gasteiger partial charge on any atom is 0.228 e. The molecule has 5 nitrogen and oxygen atoms in total. The molecule has 0 aliphatic rings. The highest BCUT2D eigenvalue weighted by Gasteiger charge is 2.10. The van der Waals surface area contributed by atoms with E-state index in [9.17, 15) is 9.18 Å². The number of carbonyl (C=O) groups is 1. The molecule has 0 atom stereocenters. The third kappa shape index (κ3) is 4.02. The van der Waals surface area contributed by atoms with Gasteiger partial charge in [0.05, 0.1) is 12.1 Å². The van der Waals surface area contributed by atoms with E-state index in [0.29, 0.717) is 21.8 Å². The summed E-state index contributed by atoms with van der Waals surface area (Å²) < 4.78 is 16.7. The van der Waals surface area contributed by atoms with Crippen molar-refractivity contribution in [3.63, 3.8) is 0 Å². The SMILES string of the molecule is Cc1n[nH]c(=S)n1-c1cccc(NC(=O)Cc2cc(Br)ccc2F)c1. The summed E-state index contributed by atoms with van der Waals surface area (Å²) in [5, 5.41) is 9.57. The molecular formula is C17H14BrFN4OS. The van der Waals surface area contributed by atoms with E-state index in [1.165, 1.54) is 6.07 Å². The number of halogens is 2. The molecule has 2 N–H and O–H groups in total. The van der Waals surface area contributed by atoms with Crippen molar-refractivity contribution in [1.82, 2.24) is 14.8 Å². The molecule has 0 spiro atoms. The second-order valence-electron chi connectivity index (χ2n) is 5.42. The molecule has 128 valence electrons. The van der Waals surface area contributed by atoms with Gasteiger partial charge in [0, 0.05) is 10.2 Å². The largest absolute Gasteiger partial charge is 0.326 e. The Bertz CT molecular complexity index is 998. The van der Waals surface area contributed by atoms with Gasteiger partial charge in [-0.25, -0.2) is 4.39 Å². The molecule has 0 aliphatic carbocycles. The van der Waals surface area contributed by atoms with Gasteiger partial charge in [-0.15, -0.1) is 0 Å². The Morgan fingerprint density at radius 1 is 1.36 bits per heavy atom. The van der Waals surface area contributed by atoms with Crippen LogP contribution in [-0.2, 0) is 11.2 Å². The lowest BCUT2D eigenvalue weighted by Crippen LogP contribution is -2.15. The minimum absolute atomic E-state index is 0.0559. The molecule has 0 saturated heterocycles. The molecule has 3 rings (SSSR count). The monoisotopic (exact) mass is 420 g/mol. The summed E-state index contributed by atoms with van der Waals surface area (Å²) in [6.45, 7) is 1.83. The highest BCUT2D eigenvalue weighted by molar-refractivity contribution is 9.10. The normalized spacial score (nSPS) is 10.7. The molecule has 0 radical (unpaired) electrons. The van der Waals surface area contributed by atoms with Crippen LogP contribution in [0.2, 0.25) is 0 Å². The number of hydrogen-bond acceptors (Lipinski definition) is 3. The number of H-pyrrole nitrogens is 1. The molecule has 3 aromatic rings. The molecule has 0 unspecified atom stereocenters. The molecule has 0 aliphatic heterocycles. The highest BCUT2D eigenvalue weighted by atomic mass is 79.9. The fourth-order valence-electron chi connectivity index (χ4n) is 2.46. The van der Waals surface area contributed by atoms with Crippen molar-refractivity contribution in [3.8, 4) is 5.69 Å². The molecule has 25 heavy (non-hydrogen) atoms. The zero-order valence-corrected chi connectivity index (χ0v) is 15.6. The van der Waals surface area contributed by atoms with Crippen molar-refractivity contribution in [2.75, 3.05) is 5.32 Å². The van der Waals surface area contributed by atoms with Gasteiger partial charge in [0.2, 0.25) is 5.91 Å². The summed E-state index contributed by atoms with van der Waals surface area (Å²) in [6, 6.07) is 11.7. The van der Waals surface area contributed by atoms with Crippen molar-refractivity contribution in [1.29, 1.82) is 0 Å². The second-order valence-corrected chi connectivity index (χ2v) is 6.72. The van der Waals surface area contributed by atoms with E-state index in [2.05, 4.69) is 31.4 Å². The summed E-state index contributed by atoms with van der Waals surface area (Å²) in [4.78, 5) is 12.2. The van der Waals surface area contributed by atoms with Crippen molar-refractivity contribution in [2.24, 2.45) is 0 Å². The smallest absolute Gasteiger partial charge is 0.228 e. The number of rotatable bonds is 4. The Hall–Kier alpha value is -2.32. The molecule has 1 aromatic heterocycles. The maximum absolute atomic E-state index is 13.8. The number of benzene rings is 2. The van der Waals surface area contributed by atoms with Gasteiger partial charge in [0.15, 0.2) is 4.77 Å². The number of amides is 1. The second kappa shape index (κ2) is 7.28. The van der Waals surface area contributed by atoms with E-state index in [4.69, 9.17) is 12.2 Å². The first-order valence-corrected chi connectivity index (χ1v) is 8.62. The van der Waals surface area contributed by atoms with Crippen LogP contribution in [0.4, 0.5) is 10.1 Å². The number of carbonyl (C=O) groups excluding carboxylic acids is 1. The van der Waals surface area contributed by atoms with Gasteiger partial charge in [-0.2, -0.15) is 5.10 Å². The Balaban J connectivity index is 1.79. The third-order valence-corrected chi connectivity index (χ3v) is 4.35. The first-order valence-electron chi connectivity index (χ1n) is 7.42. The van der Waals surface area contributed by atoms with Crippen molar-refractivity contribution >= 4 is 39.7 Å². The first kappa shape index (κ1) is 17.5. The molecular weight excluding hydrogens is 407 g/mol. The number of aromatic nitrogens is 3. The summed E-state index contributed by atoms with van der Waals surface area (Å²) in [6.07, 6.45) is -0.0559. The predicted molar refractivity (Wildman–Crippen MR) is 99.9 cm³/mol. The van der Waals surface area contributed by atoms with E-state index in [1.54, 1.807) is 34.9 Å². The quantitative estimate of drug-likeness (QED) is 0.617. The van der Waals surface area contributed by atoms with Gasteiger partial charge in [-0.05, 0) is 61.1 Å². The van der Waals surface area contributed by atoms with Crippen LogP contribution in [0.1, 0.15) is 11.4 Å². The van der Waals surface area contributed by atoms with Crippen LogP contribution in [0, 0.1) is 17.5 Å². The Labute approximate surface area is 157 Å². The molecule has 0 fully saturated rings. The molecule has 1 heterocycles. The lowest BCUT2D eigenvalue weighted by molar-refractivity contribution is -0.115. The average molecular weight is 421 g/mol. The van der Waals surface area contributed by atoms with Crippen LogP contribution in [-0.4, -0.2) is 20.7 Å². The zero-order chi connectivity index (χ0) is 18.0. The number of nitrogens with zero attached hydrogens (tertiary/aromatic N) is 2. The standard InChI is InChI=1S/C17H14BrFN4OS/c1-10-21-22-17(25)23(10)14-4-2-3-13(9-14)20-16(24)8-11-7-12(18)5-6-15(11)19/h2-7,9H,8H2,1H3,(H,20,24)(H,22,25). The fraction of sp³-hybridized carbons (Fsp3) is 0.118. The molecule has 1 amide bonds. The van der Waals surface area contributed by atoms with Gasteiger partial charge in [0.1, 0.15) is 11.6 Å². The fourth-order valence-corrected chi connectivity index (χ4v) is 3.15. The van der Waals surface area contributed by atoms with Crippen LogP contribution >= 0.6 is 28.1 Å². The van der Waals surface area contributed by atoms with Gasteiger partial charge < -0.3 is 5.32 Å². The Morgan fingerprint density at radius 3 is 2.88 bits per heavy atom. The zero-order valence-electron chi connectivity index (χ0n) is 13.2. The maximum atomic E-state index is 13.8. The number of nitrogens with one attached hydrogen (secondary N) is 2. The summed E-state index contributed by atoms with van der Waals surface area (Å²) in [5.74, 6) is -0.00114. The Morgan fingerprint density at radius 2 is 2.16 bits per heavy atom. The van der Waals surface area contributed by atoms with Crippen molar-refractivity contribution < 1.29 is 9.18 Å². The topological polar surface area (TPSA) is 62.7 Å². The van der Waals surface area contributed by atoms with Gasteiger partial charge in [-0.1, -0.05) is 22.0 Å². The predicted octanol–water partition coefficient (Wildman–Crippen LogP) is 4.32. The average Bonchev–Trinajstić information content (AvgIpc) is 2.90. The van der Waals surface area contributed by atoms with Crippen LogP contribution in [0.3, 0.4) is 0 Å². The van der Waals surface area contributed by atoms with E-state index in [0.717, 1.165) is 10.2 Å². The molecule has 0 saturated carbocycles. The lowest BCUT2D eigenvalue weighted by Gasteiger charge is -2.09. The van der Waals surface area contributed by atoms with Crippen molar-refractivity contribution in [3.05, 3.63) is 68.9 Å². The van der Waals surface area contributed by atoms with E-state index < -0.39 is 5.82 Å². The van der Waals surface area contributed by atoms with Crippen LogP contribution in [0.25, 0.3) is 5.69 Å². The van der Waals surface area contributed by atoms with Gasteiger partial charge >= 0.3 is 0 Å². The van der Waals surface area contributed by atoms with Gasteiger partial charge in [-0.3, -0.25) is 14.5 Å². The van der Waals surface area contributed by atoms with Gasteiger partial charge in [0.25, 0.3) is 0 Å². The number of hydrogen-bond donors (Lipinski definition) is 2.